The third kappa shape index (κ3) is 5.40. The molecule has 1 heterocycles. The van der Waals surface area contributed by atoms with Crippen molar-refractivity contribution in [3.8, 4) is 0 Å². The van der Waals surface area contributed by atoms with Crippen LogP contribution in [-0.2, 0) is 14.3 Å². The van der Waals surface area contributed by atoms with E-state index >= 15 is 0 Å². The Bertz CT molecular complexity index is 996. The van der Waals surface area contributed by atoms with Gasteiger partial charge in [-0.3, -0.25) is 14.9 Å². The standard InChI is InChI=1S/C23H20ClF2NO3/c1-14(16-8-10-30-11-9-16)22(28)27-23(29)20(12-15-2-4-17(24)5-3-15)19-7-6-18(25)13-21(19)26/h2-7,12-13,16H,1,8-11H2,(H,27,28,29)/b20-12+. The average Bonchev–Trinajstić information content (AvgIpc) is 2.74. The maximum absolute atomic E-state index is 14.4. The summed E-state index contributed by atoms with van der Waals surface area (Å²) < 4.78 is 33.0. The molecular formula is C23H20ClF2NO3. The Morgan fingerprint density at radius 2 is 1.73 bits per heavy atom. The van der Waals surface area contributed by atoms with Gasteiger partial charge in [-0.25, -0.2) is 8.78 Å². The number of nitrogens with one attached hydrogen (secondary N) is 1. The molecule has 1 fully saturated rings. The summed E-state index contributed by atoms with van der Waals surface area (Å²) in [7, 11) is 0. The van der Waals surface area contributed by atoms with Gasteiger partial charge >= 0.3 is 0 Å². The van der Waals surface area contributed by atoms with Crippen molar-refractivity contribution in [1.29, 1.82) is 0 Å². The number of rotatable bonds is 5. The molecule has 0 saturated carbocycles. The second kappa shape index (κ2) is 9.78. The predicted molar refractivity (Wildman–Crippen MR) is 112 cm³/mol. The number of hydrogen-bond acceptors (Lipinski definition) is 3. The Hall–Kier alpha value is -2.83. The molecule has 2 aromatic carbocycles. The van der Waals surface area contributed by atoms with E-state index in [0.717, 1.165) is 12.1 Å². The summed E-state index contributed by atoms with van der Waals surface area (Å²) >= 11 is 5.88. The molecule has 7 heteroatoms. The fourth-order valence-corrected chi connectivity index (χ4v) is 3.31. The Kier molecular flexibility index (Phi) is 7.13. The van der Waals surface area contributed by atoms with Gasteiger partial charge in [-0.2, -0.15) is 0 Å². The number of ether oxygens (including phenoxy) is 1. The number of benzene rings is 2. The first-order valence-electron chi connectivity index (χ1n) is 9.40. The van der Waals surface area contributed by atoms with E-state index < -0.39 is 23.4 Å². The second-order valence-corrected chi connectivity index (χ2v) is 7.37. The third-order valence-corrected chi connectivity index (χ3v) is 5.13. The summed E-state index contributed by atoms with van der Waals surface area (Å²) in [5, 5.41) is 2.77. The highest BCUT2D eigenvalue weighted by atomic mass is 35.5. The van der Waals surface area contributed by atoms with E-state index in [1.165, 1.54) is 6.08 Å². The first-order chi connectivity index (χ1) is 14.3. The molecule has 156 valence electrons. The van der Waals surface area contributed by atoms with Gasteiger partial charge in [0.15, 0.2) is 0 Å². The number of imide groups is 1. The molecule has 2 aromatic rings. The highest BCUT2D eigenvalue weighted by molar-refractivity contribution is 6.31. The summed E-state index contributed by atoms with van der Waals surface area (Å²) in [5.41, 5.74) is 0.581. The van der Waals surface area contributed by atoms with E-state index in [9.17, 15) is 18.4 Å². The molecule has 0 bridgehead atoms. The molecular weight excluding hydrogens is 412 g/mol. The zero-order chi connectivity index (χ0) is 21.7. The van der Waals surface area contributed by atoms with Crippen LogP contribution in [0.25, 0.3) is 11.6 Å². The molecule has 4 nitrogen and oxygen atoms in total. The largest absolute Gasteiger partial charge is 0.381 e. The molecule has 1 aliphatic rings. The van der Waals surface area contributed by atoms with Gasteiger partial charge < -0.3 is 4.74 Å². The lowest BCUT2D eigenvalue weighted by molar-refractivity contribution is -0.125. The van der Waals surface area contributed by atoms with Gasteiger partial charge in [0.1, 0.15) is 11.6 Å². The number of halogens is 3. The summed E-state index contributed by atoms with van der Waals surface area (Å²) in [6.07, 6.45) is 2.69. The lowest BCUT2D eigenvalue weighted by Crippen LogP contribution is -2.35. The van der Waals surface area contributed by atoms with E-state index in [0.29, 0.717) is 42.7 Å². The van der Waals surface area contributed by atoms with Gasteiger partial charge in [-0.05, 0) is 54.7 Å². The van der Waals surface area contributed by atoms with Crippen LogP contribution in [0.5, 0.6) is 0 Å². The molecule has 30 heavy (non-hydrogen) atoms. The molecule has 0 aliphatic carbocycles. The molecule has 0 unspecified atom stereocenters. The van der Waals surface area contributed by atoms with E-state index in [-0.39, 0.29) is 22.6 Å². The molecule has 2 amide bonds. The molecule has 0 atom stereocenters. The predicted octanol–water partition coefficient (Wildman–Crippen LogP) is 4.78. The van der Waals surface area contributed by atoms with Crippen LogP contribution in [-0.4, -0.2) is 25.0 Å². The van der Waals surface area contributed by atoms with Gasteiger partial charge in [0.05, 0.1) is 5.57 Å². The fourth-order valence-electron chi connectivity index (χ4n) is 3.18. The van der Waals surface area contributed by atoms with Crippen molar-refractivity contribution < 1.29 is 23.1 Å². The van der Waals surface area contributed by atoms with E-state index in [1.807, 2.05) is 0 Å². The van der Waals surface area contributed by atoms with Crippen molar-refractivity contribution in [1.82, 2.24) is 5.32 Å². The van der Waals surface area contributed by atoms with Crippen molar-refractivity contribution >= 4 is 35.1 Å². The van der Waals surface area contributed by atoms with Crippen molar-refractivity contribution in [2.45, 2.75) is 12.8 Å². The average molecular weight is 432 g/mol. The fraction of sp³-hybridized carbons (Fsp3) is 0.217. The Labute approximate surface area is 178 Å². The van der Waals surface area contributed by atoms with Crippen LogP contribution in [0.1, 0.15) is 24.0 Å². The monoisotopic (exact) mass is 431 g/mol. The highest BCUT2D eigenvalue weighted by Gasteiger charge is 2.25. The molecule has 0 aromatic heterocycles. The lowest BCUT2D eigenvalue weighted by atomic mass is 9.92. The number of carbonyl (C=O) groups excluding carboxylic acids is 2. The highest BCUT2D eigenvalue weighted by Crippen LogP contribution is 2.25. The molecule has 3 rings (SSSR count). The first-order valence-corrected chi connectivity index (χ1v) is 9.78. The van der Waals surface area contributed by atoms with E-state index in [4.69, 9.17) is 16.3 Å². The van der Waals surface area contributed by atoms with Gasteiger partial charge in [0, 0.05) is 35.4 Å². The summed E-state index contributed by atoms with van der Waals surface area (Å²) in [6, 6.07) is 9.39. The number of hydrogen-bond donors (Lipinski definition) is 1. The minimum atomic E-state index is -0.916. The SMILES string of the molecule is C=C(C(=O)NC(=O)/C(=C/c1ccc(Cl)cc1)c1ccc(F)cc1F)C1CCOCC1. The number of amides is 2. The van der Waals surface area contributed by atoms with Crippen molar-refractivity contribution in [3.05, 3.63) is 82.4 Å². The molecule has 1 saturated heterocycles. The maximum Gasteiger partial charge on any atom is 0.258 e. The van der Waals surface area contributed by atoms with Crippen LogP contribution >= 0.6 is 11.6 Å². The molecule has 0 spiro atoms. The van der Waals surface area contributed by atoms with Crippen LogP contribution in [0.2, 0.25) is 5.02 Å². The summed E-state index contributed by atoms with van der Waals surface area (Å²) in [5.74, 6) is -3.21. The van der Waals surface area contributed by atoms with Crippen molar-refractivity contribution in [3.63, 3.8) is 0 Å². The topological polar surface area (TPSA) is 55.4 Å². The summed E-state index contributed by atoms with van der Waals surface area (Å²) in [4.78, 5) is 25.5. The van der Waals surface area contributed by atoms with E-state index in [2.05, 4.69) is 11.9 Å². The number of carbonyl (C=O) groups is 2. The molecule has 1 aliphatic heterocycles. The Balaban J connectivity index is 1.89. The van der Waals surface area contributed by atoms with Gasteiger partial charge in [0.25, 0.3) is 11.8 Å². The van der Waals surface area contributed by atoms with Gasteiger partial charge in [-0.15, -0.1) is 0 Å². The maximum atomic E-state index is 14.4. The second-order valence-electron chi connectivity index (χ2n) is 6.93. The Morgan fingerprint density at radius 1 is 1.07 bits per heavy atom. The third-order valence-electron chi connectivity index (χ3n) is 4.88. The first kappa shape index (κ1) is 21.9. The van der Waals surface area contributed by atoms with Crippen LogP contribution in [0.4, 0.5) is 8.78 Å². The van der Waals surface area contributed by atoms with Crippen molar-refractivity contribution in [2.24, 2.45) is 5.92 Å². The van der Waals surface area contributed by atoms with Crippen molar-refractivity contribution in [2.75, 3.05) is 13.2 Å². The van der Waals surface area contributed by atoms with Crippen LogP contribution in [0, 0.1) is 17.6 Å². The zero-order valence-electron chi connectivity index (χ0n) is 16.1. The lowest BCUT2D eigenvalue weighted by Gasteiger charge is -2.23. The van der Waals surface area contributed by atoms with E-state index in [1.54, 1.807) is 24.3 Å². The van der Waals surface area contributed by atoms with Gasteiger partial charge in [-0.1, -0.05) is 30.3 Å². The van der Waals surface area contributed by atoms with Crippen LogP contribution in [0.15, 0.2) is 54.6 Å². The Morgan fingerprint density at radius 3 is 2.37 bits per heavy atom. The van der Waals surface area contributed by atoms with Gasteiger partial charge in [0.2, 0.25) is 0 Å². The minimum absolute atomic E-state index is 0.0854. The smallest absolute Gasteiger partial charge is 0.258 e. The summed E-state index contributed by atoms with van der Waals surface area (Å²) in [6.45, 7) is 4.85. The quantitative estimate of drug-likeness (QED) is 0.547. The molecule has 1 N–H and O–H groups in total. The minimum Gasteiger partial charge on any atom is -0.381 e. The normalized spacial score (nSPS) is 15.0. The van der Waals surface area contributed by atoms with Crippen LogP contribution < -0.4 is 5.32 Å². The van der Waals surface area contributed by atoms with Crippen LogP contribution in [0.3, 0.4) is 0 Å². The molecule has 0 radical (unpaired) electrons. The zero-order valence-corrected chi connectivity index (χ0v) is 16.8.